The van der Waals surface area contributed by atoms with E-state index in [9.17, 15) is 0 Å². The monoisotopic (exact) mass is 247 g/mol. The van der Waals surface area contributed by atoms with Crippen LogP contribution in [0.3, 0.4) is 0 Å². The van der Waals surface area contributed by atoms with Gasteiger partial charge in [-0.2, -0.15) is 10.1 Å². The molecule has 0 bridgehead atoms. The van der Waals surface area contributed by atoms with E-state index in [4.69, 9.17) is 4.74 Å². The van der Waals surface area contributed by atoms with Crippen molar-refractivity contribution >= 4 is 0 Å². The molecule has 0 saturated heterocycles. The van der Waals surface area contributed by atoms with Crippen LogP contribution >= 0.6 is 0 Å². The molecule has 0 aliphatic heterocycles. The molecule has 2 heterocycles. The molecule has 6 nitrogen and oxygen atoms in total. The number of rotatable bonds is 4. The fourth-order valence-electron chi connectivity index (χ4n) is 1.66. The lowest BCUT2D eigenvalue weighted by Crippen LogP contribution is -2.09. The summed E-state index contributed by atoms with van der Waals surface area (Å²) >= 11 is 0. The SMILES string of the molecule is CNCc1cnc(Oc2cc(C)nn2C)nc1C. The summed E-state index contributed by atoms with van der Waals surface area (Å²) in [7, 11) is 3.72. The molecule has 2 aromatic heterocycles. The minimum atomic E-state index is 0.343. The molecule has 0 aliphatic rings. The number of hydrogen-bond acceptors (Lipinski definition) is 5. The van der Waals surface area contributed by atoms with Crippen molar-refractivity contribution in [1.82, 2.24) is 25.1 Å². The van der Waals surface area contributed by atoms with E-state index in [1.807, 2.05) is 34.0 Å². The average molecular weight is 247 g/mol. The Balaban J connectivity index is 2.20. The van der Waals surface area contributed by atoms with Crippen molar-refractivity contribution in [2.45, 2.75) is 20.4 Å². The summed E-state index contributed by atoms with van der Waals surface area (Å²) < 4.78 is 7.26. The molecule has 0 unspecified atom stereocenters. The number of hydrogen-bond donors (Lipinski definition) is 1. The average Bonchev–Trinajstić information content (AvgIpc) is 2.61. The number of aromatic nitrogens is 4. The molecule has 0 atom stereocenters. The summed E-state index contributed by atoms with van der Waals surface area (Å²) in [5, 5.41) is 7.27. The Labute approximate surface area is 106 Å². The van der Waals surface area contributed by atoms with E-state index >= 15 is 0 Å². The molecule has 0 aromatic carbocycles. The molecular formula is C12H17N5O. The zero-order valence-corrected chi connectivity index (χ0v) is 11.1. The number of nitrogens with zero attached hydrogens (tertiary/aromatic N) is 4. The largest absolute Gasteiger partial charge is 0.405 e. The summed E-state index contributed by atoms with van der Waals surface area (Å²) in [5.41, 5.74) is 2.87. The van der Waals surface area contributed by atoms with Crippen LogP contribution in [0, 0.1) is 13.8 Å². The normalized spacial score (nSPS) is 10.7. The summed E-state index contributed by atoms with van der Waals surface area (Å²) in [6.45, 7) is 4.60. The molecule has 0 amide bonds. The first-order chi connectivity index (χ1) is 8.60. The second-order valence-electron chi connectivity index (χ2n) is 4.14. The van der Waals surface area contributed by atoms with Gasteiger partial charge in [-0.3, -0.25) is 0 Å². The van der Waals surface area contributed by atoms with E-state index in [-0.39, 0.29) is 0 Å². The summed E-state index contributed by atoms with van der Waals surface area (Å²) in [6, 6.07) is 2.19. The minimum Gasteiger partial charge on any atom is -0.405 e. The summed E-state index contributed by atoms with van der Waals surface area (Å²) in [5.74, 6) is 0.633. The predicted molar refractivity (Wildman–Crippen MR) is 67.6 cm³/mol. The van der Waals surface area contributed by atoms with Crippen molar-refractivity contribution in [1.29, 1.82) is 0 Å². The maximum Gasteiger partial charge on any atom is 0.323 e. The standard InChI is InChI=1S/C12H17N5O/c1-8-5-11(17(4)16-8)18-12-14-7-10(6-13-3)9(2)15-12/h5,7,13H,6H2,1-4H3. The molecular weight excluding hydrogens is 230 g/mol. The van der Waals surface area contributed by atoms with Gasteiger partial charge in [-0.05, 0) is 20.9 Å². The highest BCUT2D eigenvalue weighted by molar-refractivity contribution is 5.22. The first-order valence-corrected chi connectivity index (χ1v) is 5.75. The van der Waals surface area contributed by atoms with Crippen LogP contribution in [0.5, 0.6) is 11.9 Å². The van der Waals surface area contributed by atoms with Gasteiger partial charge in [0.1, 0.15) is 0 Å². The van der Waals surface area contributed by atoms with Crippen LogP contribution in [0.15, 0.2) is 12.3 Å². The minimum absolute atomic E-state index is 0.343. The lowest BCUT2D eigenvalue weighted by Gasteiger charge is -2.07. The van der Waals surface area contributed by atoms with E-state index in [0.717, 1.165) is 23.5 Å². The molecule has 0 radical (unpaired) electrons. The zero-order valence-electron chi connectivity index (χ0n) is 11.1. The molecule has 0 aliphatic carbocycles. The Morgan fingerprint density at radius 3 is 2.72 bits per heavy atom. The Hall–Kier alpha value is -1.95. The Kier molecular flexibility index (Phi) is 3.57. The van der Waals surface area contributed by atoms with Crippen LogP contribution in [0.4, 0.5) is 0 Å². The number of nitrogens with one attached hydrogen (secondary N) is 1. The van der Waals surface area contributed by atoms with Crippen molar-refractivity contribution < 1.29 is 4.74 Å². The van der Waals surface area contributed by atoms with Gasteiger partial charge in [0.2, 0.25) is 5.88 Å². The van der Waals surface area contributed by atoms with Gasteiger partial charge in [0.25, 0.3) is 0 Å². The van der Waals surface area contributed by atoms with Crippen molar-refractivity contribution in [3.8, 4) is 11.9 Å². The van der Waals surface area contributed by atoms with Crippen LogP contribution in [-0.2, 0) is 13.6 Å². The third-order valence-electron chi connectivity index (χ3n) is 2.58. The first kappa shape index (κ1) is 12.5. The molecule has 6 heteroatoms. The Morgan fingerprint density at radius 2 is 2.17 bits per heavy atom. The molecule has 0 spiro atoms. The van der Waals surface area contributed by atoms with E-state index < -0.39 is 0 Å². The van der Waals surface area contributed by atoms with Crippen molar-refractivity contribution in [2.24, 2.45) is 7.05 Å². The number of ether oxygens (including phenoxy) is 1. The third-order valence-corrected chi connectivity index (χ3v) is 2.58. The Bertz CT molecular complexity index is 549. The van der Waals surface area contributed by atoms with Crippen molar-refractivity contribution in [2.75, 3.05) is 7.05 Å². The van der Waals surface area contributed by atoms with Gasteiger partial charge in [0.15, 0.2) is 0 Å². The van der Waals surface area contributed by atoms with Crippen LogP contribution in [0.1, 0.15) is 17.0 Å². The summed E-state index contributed by atoms with van der Waals surface area (Å²) in [6.07, 6.45) is 1.78. The van der Waals surface area contributed by atoms with Gasteiger partial charge < -0.3 is 10.1 Å². The molecule has 96 valence electrons. The lowest BCUT2D eigenvalue weighted by atomic mass is 10.2. The predicted octanol–water partition coefficient (Wildman–Crippen LogP) is 1.34. The van der Waals surface area contributed by atoms with Gasteiger partial charge in [0.05, 0.1) is 5.69 Å². The summed E-state index contributed by atoms with van der Waals surface area (Å²) in [4.78, 5) is 8.51. The fourth-order valence-corrected chi connectivity index (χ4v) is 1.66. The van der Waals surface area contributed by atoms with E-state index in [1.54, 1.807) is 10.9 Å². The third kappa shape index (κ3) is 2.65. The molecule has 0 saturated carbocycles. The van der Waals surface area contributed by atoms with Gasteiger partial charge in [-0.25, -0.2) is 9.67 Å². The highest BCUT2D eigenvalue weighted by Crippen LogP contribution is 2.18. The van der Waals surface area contributed by atoms with Crippen molar-refractivity contribution in [3.63, 3.8) is 0 Å². The molecule has 18 heavy (non-hydrogen) atoms. The topological polar surface area (TPSA) is 64.9 Å². The van der Waals surface area contributed by atoms with E-state index in [1.165, 1.54) is 0 Å². The molecule has 1 N–H and O–H groups in total. The molecule has 2 aromatic rings. The fraction of sp³-hybridized carbons (Fsp3) is 0.417. The lowest BCUT2D eigenvalue weighted by molar-refractivity contribution is 0.397. The zero-order chi connectivity index (χ0) is 13.1. The van der Waals surface area contributed by atoms with Crippen LogP contribution in [0.2, 0.25) is 0 Å². The van der Waals surface area contributed by atoms with E-state index in [0.29, 0.717) is 11.9 Å². The van der Waals surface area contributed by atoms with Crippen LogP contribution in [0.25, 0.3) is 0 Å². The maximum absolute atomic E-state index is 5.60. The quantitative estimate of drug-likeness (QED) is 0.883. The van der Waals surface area contributed by atoms with Gasteiger partial charge in [-0.1, -0.05) is 0 Å². The second-order valence-corrected chi connectivity index (χ2v) is 4.14. The smallest absolute Gasteiger partial charge is 0.323 e. The van der Waals surface area contributed by atoms with Crippen LogP contribution < -0.4 is 10.1 Å². The van der Waals surface area contributed by atoms with Crippen molar-refractivity contribution in [3.05, 3.63) is 29.2 Å². The number of aryl methyl sites for hydroxylation is 3. The highest BCUT2D eigenvalue weighted by atomic mass is 16.5. The highest BCUT2D eigenvalue weighted by Gasteiger charge is 2.08. The first-order valence-electron chi connectivity index (χ1n) is 5.75. The Morgan fingerprint density at radius 1 is 1.39 bits per heavy atom. The van der Waals surface area contributed by atoms with Crippen LogP contribution in [-0.4, -0.2) is 26.8 Å². The second kappa shape index (κ2) is 5.14. The molecule has 0 fully saturated rings. The maximum atomic E-state index is 5.60. The van der Waals surface area contributed by atoms with Gasteiger partial charge >= 0.3 is 6.01 Å². The van der Waals surface area contributed by atoms with E-state index in [2.05, 4.69) is 20.4 Å². The molecule has 2 rings (SSSR count). The van der Waals surface area contributed by atoms with Gasteiger partial charge in [-0.15, -0.1) is 0 Å². The van der Waals surface area contributed by atoms with Gasteiger partial charge in [0, 0.05) is 37.1 Å².